The molecular formula is C21H27N5O3. The SMILES string of the molecule is O=C(CNC(=O)N1CCC(c2nc(-c3ccccc3)no2)CC1)N1CCCCC1. The first-order valence-electron chi connectivity index (χ1n) is 10.4. The van der Waals surface area contributed by atoms with Gasteiger partial charge in [-0.15, -0.1) is 0 Å². The molecule has 2 saturated heterocycles. The minimum atomic E-state index is -0.177. The summed E-state index contributed by atoms with van der Waals surface area (Å²) in [5.74, 6) is 1.38. The van der Waals surface area contributed by atoms with E-state index in [1.807, 2.05) is 35.2 Å². The number of amides is 3. The van der Waals surface area contributed by atoms with E-state index in [-0.39, 0.29) is 24.4 Å². The second-order valence-electron chi connectivity index (χ2n) is 7.68. The van der Waals surface area contributed by atoms with Gasteiger partial charge in [-0.25, -0.2) is 4.79 Å². The lowest BCUT2D eigenvalue weighted by Crippen LogP contribution is -2.48. The lowest BCUT2D eigenvalue weighted by molar-refractivity contribution is -0.130. The molecule has 2 aromatic rings. The summed E-state index contributed by atoms with van der Waals surface area (Å²) in [5, 5.41) is 6.86. The highest BCUT2D eigenvalue weighted by Gasteiger charge is 2.28. The van der Waals surface area contributed by atoms with Crippen molar-refractivity contribution in [2.75, 3.05) is 32.7 Å². The van der Waals surface area contributed by atoms with Gasteiger partial charge in [-0.2, -0.15) is 4.98 Å². The number of nitrogens with one attached hydrogen (secondary N) is 1. The second kappa shape index (κ2) is 9.07. The molecule has 0 atom stereocenters. The zero-order chi connectivity index (χ0) is 20.1. The van der Waals surface area contributed by atoms with Gasteiger partial charge < -0.3 is 19.6 Å². The van der Waals surface area contributed by atoms with E-state index in [1.54, 1.807) is 4.90 Å². The summed E-state index contributed by atoms with van der Waals surface area (Å²) in [6.45, 7) is 2.89. The monoisotopic (exact) mass is 397 g/mol. The molecular weight excluding hydrogens is 370 g/mol. The first-order chi connectivity index (χ1) is 14.2. The molecule has 154 valence electrons. The predicted octanol–water partition coefficient (Wildman–Crippen LogP) is 2.64. The molecule has 0 aliphatic carbocycles. The van der Waals surface area contributed by atoms with Crippen LogP contribution in [0.3, 0.4) is 0 Å². The molecule has 8 heteroatoms. The third-order valence-electron chi connectivity index (χ3n) is 5.70. The fourth-order valence-corrected chi connectivity index (χ4v) is 3.95. The van der Waals surface area contributed by atoms with Crippen molar-refractivity contribution in [1.82, 2.24) is 25.3 Å². The average Bonchev–Trinajstić information content (AvgIpc) is 3.29. The van der Waals surface area contributed by atoms with Crippen molar-refractivity contribution in [2.24, 2.45) is 0 Å². The second-order valence-corrected chi connectivity index (χ2v) is 7.68. The van der Waals surface area contributed by atoms with Crippen molar-refractivity contribution < 1.29 is 14.1 Å². The number of carbonyl (C=O) groups excluding carboxylic acids is 2. The minimum absolute atomic E-state index is 0.00670. The van der Waals surface area contributed by atoms with Crippen molar-refractivity contribution in [2.45, 2.75) is 38.0 Å². The number of aromatic nitrogens is 2. The summed E-state index contributed by atoms with van der Waals surface area (Å²) in [6.07, 6.45) is 4.81. The minimum Gasteiger partial charge on any atom is -0.341 e. The lowest BCUT2D eigenvalue weighted by atomic mass is 9.97. The summed E-state index contributed by atoms with van der Waals surface area (Å²) < 4.78 is 5.47. The zero-order valence-electron chi connectivity index (χ0n) is 16.5. The molecule has 1 aromatic carbocycles. The summed E-state index contributed by atoms with van der Waals surface area (Å²) in [6, 6.07) is 9.56. The van der Waals surface area contributed by atoms with Gasteiger partial charge in [0.25, 0.3) is 0 Å². The smallest absolute Gasteiger partial charge is 0.317 e. The van der Waals surface area contributed by atoms with Crippen LogP contribution in [-0.2, 0) is 4.79 Å². The van der Waals surface area contributed by atoms with Crippen LogP contribution in [0.15, 0.2) is 34.9 Å². The topological polar surface area (TPSA) is 91.6 Å². The number of nitrogens with zero attached hydrogens (tertiary/aromatic N) is 4. The van der Waals surface area contributed by atoms with Crippen LogP contribution in [0.1, 0.15) is 43.9 Å². The van der Waals surface area contributed by atoms with Gasteiger partial charge in [0.05, 0.1) is 6.54 Å². The average molecular weight is 397 g/mol. The predicted molar refractivity (Wildman–Crippen MR) is 107 cm³/mol. The standard InChI is InChI=1S/C21H27N5O3/c27-18(25-11-5-2-6-12-25)15-22-21(28)26-13-9-17(10-14-26)20-23-19(24-29-20)16-7-3-1-4-8-16/h1,3-4,7-8,17H,2,5-6,9-15H2,(H,22,28). The Morgan fingerprint density at radius 2 is 1.72 bits per heavy atom. The number of carbonyl (C=O) groups is 2. The molecule has 0 bridgehead atoms. The third-order valence-corrected chi connectivity index (χ3v) is 5.70. The summed E-state index contributed by atoms with van der Waals surface area (Å²) >= 11 is 0. The Morgan fingerprint density at radius 1 is 1.00 bits per heavy atom. The van der Waals surface area contributed by atoms with Crippen LogP contribution >= 0.6 is 0 Å². The maximum absolute atomic E-state index is 12.4. The van der Waals surface area contributed by atoms with E-state index in [9.17, 15) is 9.59 Å². The van der Waals surface area contributed by atoms with Crippen LogP contribution < -0.4 is 5.32 Å². The number of rotatable bonds is 4. The van der Waals surface area contributed by atoms with Crippen molar-refractivity contribution in [1.29, 1.82) is 0 Å². The van der Waals surface area contributed by atoms with E-state index in [2.05, 4.69) is 15.5 Å². The van der Waals surface area contributed by atoms with Crippen LogP contribution in [0.5, 0.6) is 0 Å². The van der Waals surface area contributed by atoms with Crippen molar-refractivity contribution in [3.05, 3.63) is 36.2 Å². The van der Waals surface area contributed by atoms with Crippen molar-refractivity contribution in [3.8, 4) is 11.4 Å². The van der Waals surface area contributed by atoms with E-state index in [0.717, 1.165) is 44.3 Å². The van der Waals surface area contributed by atoms with Crippen LogP contribution in [-0.4, -0.2) is 64.6 Å². The molecule has 0 radical (unpaired) electrons. The maximum Gasteiger partial charge on any atom is 0.317 e. The quantitative estimate of drug-likeness (QED) is 0.856. The fraction of sp³-hybridized carbons (Fsp3) is 0.524. The lowest BCUT2D eigenvalue weighted by Gasteiger charge is -2.31. The number of hydrogen-bond acceptors (Lipinski definition) is 5. The third kappa shape index (κ3) is 4.75. The molecule has 4 rings (SSSR count). The number of hydrogen-bond donors (Lipinski definition) is 1. The highest BCUT2D eigenvalue weighted by atomic mass is 16.5. The van der Waals surface area contributed by atoms with Gasteiger partial charge in [0, 0.05) is 37.7 Å². The van der Waals surface area contributed by atoms with Crippen molar-refractivity contribution >= 4 is 11.9 Å². The van der Waals surface area contributed by atoms with Gasteiger partial charge >= 0.3 is 6.03 Å². The molecule has 8 nitrogen and oxygen atoms in total. The van der Waals surface area contributed by atoms with Crippen LogP contribution in [0.4, 0.5) is 4.79 Å². The largest absolute Gasteiger partial charge is 0.341 e. The summed E-state index contributed by atoms with van der Waals surface area (Å²) in [7, 11) is 0. The Bertz CT molecular complexity index is 824. The molecule has 2 aliphatic heterocycles. The Balaban J connectivity index is 1.24. The molecule has 1 N–H and O–H groups in total. The molecule has 0 unspecified atom stereocenters. The van der Waals surface area contributed by atoms with Gasteiger partial charge in [-0.3, -0.25) is 4.79 Å². The molecule has 2 fully saturated rings. The number of urea groups is 1. The van der Waals surface area contributed by atoms with Gasteiger partial charge in [-0.05, 0) is 32.1 Å². The molecule has 29 heavy (non-hydrogen) atoms. The Kier molecular flexibility index (Phi) is 6.07. The van der Waals surface area contributed by atoms with Gasteiger partial charge in [-0.1, -0.05) is 35.5 Å². The summed E-state index contributed by atoms with van der Waals surface area (Å²) in [5.41, 5.74) is 0.928. The van der Waals surface area contributed by atoms with E-state index >= 15 is 0 Å². The summed E-state index contributed by atoms with van der Waals surface area (Å²) in [4.78, 5) is 32.8. The first kappa shape index (κ1) is 19.4. The zero-order valence-corrected chi connectivity index (χ0v) is 16.5. The fourth-order valence-electron chi connectivity index (χ4n) is 3.95. The van der Waals surface area contributed by atoms with Gasteiger partial charge in [0.15, 0.2) is 0 Å². The highest BCUT2D eigenvalue weighted by molar-refractivity contribution is 5.84. The normalized spacial score (nSPS) is 17.9. The molecule has 0 saturated carbocycles. The van der Waals surface area contributed by atoms with Gasteiger partial charge in [0.1, 0.15) is 0 Å². The van der Waals surface area contributed by atoms with Crippen LogP contribution in [0.25, 0.3) is 11.4 Å². The number of benzene rings is 1. The molecule has 3 amide bonds. The molecule has 2 aliphatic rings. The molecule has 1 aromatic heterocycles. The van der Waals surface area contributed by atoms with E-state index in [0.29, 0.717) is 24.8 Å². The van der Waals surface area contributed by atoms with E-state index in [1.165, 1.54) is 6.42 Å². The Hall–Kier alpha value is -2.90. The maximum atomic E-state index is 12.4. The van der Waals surface area contributed by atoms with E-state index < -0.39 is 0 Å². The van der Waals surface area contributed by atoms with Crippen LogP contribution in [0.2, 0.25) is 0 Å². The molecule has 3 heterocycles. The van der Waals surface area contributed by atoms with Gasteiger partial charge in [0.2, 0.25) is 17.6 Å². The van der Waals surface area contributed by atoms with E-state index in [4.69, 9.17) is 4.52 Å². The highest BCUT2D eigenvalue weighted by Crippen LogP contribution is 2.28. The Labute approximate surface area is 170 Å². The van der Waals surface area contributed by atoms with Crippen molar-refractivity contribution in [3.63, 3.8) is 0 Å². The van der Waals surface area contributed by atoms with Crippen LogP contribution in [0, 0.1) is 0 Å². The number of piperidine rings is 2. The first-order valence-corrected chi connectivity index (χ1v) is 10.4. The molecule has 0 spiro atoms. The Morgan fingerprint density at radius 3 is 2.45 bits per heavy atom. The number of likely N-dealkylation sites (tertiary alicyclic amines) is 2.